The van der Waals surface area contributed by atoms with Crippen molar-refractivity contribution in [3.63, 3.8) is 0 Å². The van der Waals surface area contributed by atoms with Crippen LogP contribution in [0.2, 0.25) is 0 Å². The predicted octanol–water partition coefficient (Wildman–Crippen LogP) is 2.74. The Kier molecular flexibility index (Phi) is 3.12. The van der Waals surface area contributed by atoms with Gasteiger partial charge in [-0.1, -0.05) is 6.07 Å². The maximum Gasteiger partial charge on any atom is 0.416 e. The van der Waals surface area contributed by atoms with E-state index in [2.05, 4.69) is 5.32 Å². The van der Waals surface area contributed by atoms with Gasteiger partial charge >= 0.3 is 6.18 Å². The molecule has 1 aliphatic heterocycles. The molecule has 1 heterocycles. The van der Waals surface area contributed by atoms with Gasteiger partial charge in [0, 0.05) is 16.8 Å². The fourth-order valence-electron chi connectivity index (χ4n) is 2.54. The number of carbonyl (C=O) groups is 1. The molecule has 2 aromatic carbocycles. The maximum absolute atomic E-state index is 13.4. The normalized spacial score (nSPS) is 20.3. The maximum atomic E-state index is 13.4. The summed E-state index contributed by atoms with van der Waals surface area (Å²) in [5.41, 5.74) is -4.39. The molecule has 1 unspecified atom stereocenters. The molecule has 120 valence electrons. The summed E-state index contributed by atoms with van der Waals surface area (Å²) >= 11 is 0. The van der Waals surface area contributed by atoms with Crippen LogP contribution in [0.1, 0.15) is 16.7 Å². The largest absolute Gasteiger partial charge is 0.508 e. The summed E-state index contributed by atoms with van der Waals surface area (Å²) in [5, 5.41) is 22.6. The third kappa shape index (κ3) is 2.22. The second-order valence-corrected chi connectivity index (χ2v) is 5.08. The average molecular weight is 327 g/mol. The van der Waals surface area contributed by atoms with Crippen LogP contribution in [0, 0.1) is 5.82 Å². The van der Waals surface area contributed by atoms with Crippen molar-refractivity contribution in [3.05, 3.63) is 58.9 Å². The highest BCUT2D eigenvalue weighted by Crippen LogP contribution is 2.45. The minimum Gasteiger partial charge on any atom is -0.508 e. The molecule has 2 aromatic rings. The first-order valence-corrected chi connectivity index (χ1v) is 6.38. The van der Waals surface area contributed by atoms with Crippen LogP contribution in [0.4, 0.5) is 23.2 Å². The molecule has 0 saturated carbocycles. The summed E-state index contributed by atoms with van der Waals surface area (Å²) in [6.07, 6.45) is -4.62. The third-order valence-electron chi connectivity index (χ3n) is 3.66. The number of rotatable bonds is 1. The van der Waals surface area contributed by atoms with E-state index in [4.69, 9.17) is 0 Å². The summed E-state index contributed by atoms with van der Waals surface area (Å²) in [6.45, 7) is 0. The number of nitrogens with one attached hydrogen (secondary N) is 1. The Morgan fingerprint density at radius 2 is 1.74 bits per heavy atom. The molecule has 3 rings (SSSR count). The number of hydrogen-bond acceptors (Lipinski definition) is 3. The number of carbonyl (C=O) groups excluding carboxylic acids is 1. The van der Waals surface area contributed by atoms with Crippen LogP contribution in [-0.4, -0.2) is 16.1 Å². The van der Waals surface area contributed by atoms with Gasteiger partial charge in [0.1, 0.15) is 11.6 Å². The Bertz CT molecular complexity index is 819. The lowest BCUT2D eigenvalue weighted by Crippen LogP contribution is -2.35. The topological polar surface area (TPSA) is 69.6 Å². The first-order chi connectivity index (χ1) is 10.6. The molecule has 3 N–H and O–H groups in total. The Morgan fingerprint density at radius 1 is 1.04 bits per heavy atom. The zero-order valence-corrected chi connectivity index (χ0v) is 11.3. The molecular weight excluding hydrogens is 318 g/mol. The third-order valence-corrected chi connectivity index (χ3v) is 3.66. The Morgan fingerprint density at radius 3 is 2.39 bits per heavy atom. The Labute approximate surface area is 127 Å². The standard InChI is InChI=1S/C15H9F4NO3/c16-8-2-4-12(21)10(6-8)14(23)9-3-1-7(15(17,18)19)5-11(9)20-13(14)22/h1-6,21,23H,(H,20,22). The number of aromatic hydroxyl groups is 1. The highest BCUT2D eigenvalue weighted by molar-refractivity contribution is 6.07. The van der Waals surface area contributed by atoms with Crippen molar-refractivity contribution in [3.8, 4) is 5.75 Å². The molecule has 0 spiro atoms. The number of fused-ring (bicyclic) bond motifs is 1. The van der Waals surface area contributed by atoms with Gasteiger partial charge in [0.25, 0.3) is 5.91 Å². The summed E-state index contributed by atoms with van der Waals surface area (Å²) in [5.74, 6) is -2.45. The first kappa shape index (κ1) is 15.3. The number of aliphatic hydroxyl groups is 1. The van der Waals surface area contributed by atoms with Gasteiger partial charge in [-0.2, -0.15) is 13.2 Å². The van der Waals surface area contributed by atoms with Gasteiger partial charge in [0.2, 0.25) is 0 Å². The van der Waals surface area contributed by atoms with Crippen molar-refractivity contribution < 1.29 is 32.6 Å². The SMILES string of the molecule is O=C1Nc2cc(C(F)(F)F)ccc2C1(O)c1cc(F)ccc1O. The van der Waals surface area contributed by atoms with E-state index in [9.17, 15) is 32.6 Å². The zero-order chi connectivity index (χ0) is 17.0. The smallest absolute Gasteiger partial charge is 0.416 e. The van der Waals surface area contributed by atoms with E-state index in [0.29, 0.717) is 12.1 Å². The first-order valence-electron chi connectivity index (χ1n) is 6.38. The lowest BCUT2D eigenvalue weighted by molar-refractivity contribution is -0.137. The van der Waals surface area contributed by atoms with Crippen LogP contribution in [0.5, 0.6) is 5.75 Å². The molecule has 0 fully saturated rings. The predicted molar refractivity (Wildman–Crippen MR) is 71.1 cm³/mol. The Balaban J connectivity index is 2.20. The molecule has 4 nitrogen and oxygen atoms in total. The van der Waals surface area contributed by atoms with Crippen LogP contribution < -0.4 is 5.32 Å². The fourth-order valence-corrected chi connectivity index (χ4v) is 2.54. The van der Waals surface area contributed by atoms with Crippen molar-refractivity contribution >= 4 is 11.6 Å². The molecule has 0 bridgehead atoms. The number of amides is 1. The quantitative estimate of drug-likeness (QED) is 0.706. The van der Waals surface area contributed by atoms with Gasteiger partial charge in [0.15, 0.2) is 5.60 Å². The second-order valence-electron chi connectivity index (χ2n) is 5.08. The second kappa shape index (κ2) is 4.69. The number of hydrogen-bond donors (Lipinski definition) is 3. The van der Waals surface area contributed by atoms with Crippen LogP contribution in [0.15, 0.2) is 36.4 Å². The van der Waals surface area contributed by atoms with Gasteiger partial charge < -0.3 is 15.5 Å². The van der Waals surface area contributed by atoms with Crippen molar-refractivity contribution in [2.24, 2.45) is 0 Å². The summed E-state index contributed by atoms with van der Waals surface area (Å²) in [6, 6.07) is 4.89. The molecule has 0 saturated heterocycles. The van der Waals surface area contributed by atoms with Crippen LogP contribution >= 0.6 is 0 Å². The number of phenolic OH excluding ortho intramolecular Hbond substituents is 1. The number of phenols is 1. The molecule has 0 radical (unpaired) electrons. The molecular formula is C15H9F4NO3. The van der Waals surface area contributed by atoms with E-state index < -0.39 is 40.4 Å². The summed E-state index contributed by atoms with van der Waals surface area (Å²) in [7, 11) is 0. The van der Waals surface area contributed by atoms with Gasteiger partial charge in [-0.15, -0.1) is 0 Å². The Hall–Kier alpha value is -2.61. The van der Waals surface area contributed by atoms with Crippen molar-refractivity contribution in [1.29, 1.82) is 0 Å². The summed E-state index contributed by atoms with van der Waals surface area (Å²) < 4.78 is 51.6. The van der Waals surface area contributed by atoms with Gasteiger partial charge in [0.05, 0.1) is 5.56 Å². The molecule has 1 amide bonds. The molecule has 1 atom stereocenters. The number of halogens is 4. The highest BCUT2D eigenvalue weighted by Gasteiger charge is 2.49. The van der Waals surface area contributed by atoms with Crippen molar-refractivity contribution in [2.75, 3.05) is 5.32 Å². The van der Waals surface area contributed by atoms with Crippen LogP contribution in [0.25, 0.3) is 0 Å². The van der Waals surface area contributed by atoms with Gasteiger partial charge in [-0.3, -0.25) is 4.79 Å². The van der Waals surface area contributed by atoms with Crippen LogP contribution in [0.3, 0.4) is 0 Å². The molecule has 1 aliphatic rings. The summed E-state index contributed by atoms with van der Waals surface area (Å²) in [4.78, 5) is 12.1. The monoisotopic (exact) mass is 327 g/mol. The van der Waals surface area contributed by atoms with E-state index in [1.807, 2.05) is 0 Å². The fraction of sp³-hybridized carbons (Fsp3) is 0.133. The number of anilines is 1. The van der Waals surface area contributed by atoms with E-state index in [1.165, 1.54) is 0 Å². The number of alkyl halides is 3. The average Bonchev–Trinajstić information content (AvgIpc) is 2.72. The van der Waals surface area contributed by atoms with E-state index >= 15 is 0 Å². The lowest BCUT2D eigenvalue weighted by atomic mass is 9.86. The van der Waals surface area contributed by atoms with Gasteiger partial charge in [-0.05, 0) is 30.3 Å². The minimum absolute atomic E-state index is 0.198. The minimum atomic E-state index is -4.62. The highest BCUT2D eigenvalue weighted by atomic mass is 19.4. The lowest BCUT2D eigenvalue weighted by Gasteiger charge is -2.22. The van der Waals surface area contributed by atoms with E-state index in [-0.39, 0.29) is 11.3 Å². The van der Waals surface area contributed by atoms with Crippen molar-refractivity contribution in [2.45, 2.75) is 11.8 Å². The molecule has 0 aliphatic carbocycles. The van der Waals surface area contributed by atoms with E-state index in [0.717, 1.165) is 24.3 Å². The van der Waals surface area contributed by atoms with Crippen LogP contribution in [-0.2, 0) is 16.6 Å². The molecule has 23 heavy (non-hydrogen) atoms. The molecule has 0 aromatic heterocycles. The van der Waals surface area contributed by atoms with Gasteiger partial charge in [-0.25, -0.2) is 4.39 Å². The molecule has 8 heteroatoms. The van der Waals surface area contributed by atoms with E-state index in [1.54, 1.807) is 0 Å². The van der Waals surface area contributed by atoms with Crippen molar-refractivity contribution in [1.82, 2.24) is 0 Å². The number of benzene rings is 2. The zero-order valence-electron chi connectivity index (χ0n) is 11.3.